The van der Waals surface area contributed by atoms with Crippen molar-refractivity contribution in [3.8, 4) is 33.9 Å². The lowest BCUT2D eigenvalue weighted by atomic mass is 10.0. The highest BCUT2D eigenvalue weighted by atomic mass is 19.1. The van der Waals surface area contributed by atoms with Crippen molar-refractivity contribution < 1.29 is 13.2 Å². The summed E-state index contributed by atoms with van der Waals surface area (Å²) in [5, 5.41) is 4.12. The molecule has 4 nitrogen and oxygen atoms in total. The van der Waals surface area contributed by atoms with E-state index in [1.54, 1.807) is 4.57 Å². The van der Waals surface area contributed by atoms with Crippen molar-refractivity contribution in [1.29, 1.82) is 0 Å². The van der Waals surface area contributed by atoms with Gasteiger partial charge in [-0.25, -0.2) is 13.8 Å². The van der Waals surface area contributed by atoms with Gasteiger partial charge in [0, 0.05) is 16.2 Å². The van der Waals surface area contributed by atoms with E-state index in [1.165, 1.54) is 12.1 Å². The largest absolute Gasteiger partial charge is 0.455 e. The second-order valence-corrected chi connectivity index (χ2v) is 12.2. The molecule has 0 aliphatic heterocycles. The van der Waals surface area contributed by atoms with Gasteiger partial charge in [0.05, 0.1) is 38.7 Å². The molecule has 0 N–H and O–H groups in total. The quantitative estimate of drug-likeness (QED) is 0.192. The topological polar surface area (TPSA) is 35.9 Å². The SMILES string of the molecule is Fc1cc(-c2ccccc2)cc(F)c1-n1c(-c2ccc(-n3c4ccccc4c4ccccc43)c3c2oc2ccccc23)nc2ccccc21. The molecule has 6 heteroatoms. The van der Waals surface area contributed by atoms with Gasteiger partial charge in [0.1, 0.15) is 22.7 Å². The molecule has 0 fully saturated rings. The molecule has 0 aliphatic carbocycles. The Hall–Kier alpha value is -6.53. The molecular formula is C43H25F2N3O. The summed E-state index contributed by atoms with van der Waals surface area (Å²) in [6, 6.07) is 48.1. The van der Waals surface area contributed by atoms with Crippen LogP contribution in [-0.4, -0.2) is 14.1 Å². The molecule has 10 aromatic rings. The van der Waals surface area contributed by atoms with Crippen LogP contribution in [0.15, 0.2) is 156 Å². The number of halogens is 2. The number of aromatic nitrogens is 3. The molecule has 0 aliphatic rings. The second-order valence-electron chi connectivity index (χ2n) is 12.2. The van der Waals surface area contributed by atoms with Gasteiger partial charge in [-0.15, -0.1) is 0 Å². The average Bonchev–Trinajstić information content (AvgIpc) is 3.82. The van der Waals surface area contributed by atoms with Crippen LogP contribution in [0.25, 0.3) is 88.7 Å². The van der Waals surface area contributed by atoms with Crippen LogP contribution < -0.4 is 0 Å². The third-order valence-electron chi connectivity index (χ3n) is 9.47. The minimum absolute atomic E-state index is 0.195. The van der Waals surface area contributed by atoms with Gasteiger partial charge in [-0.05, 0) is 65.7 Å². The van der Waals surface area contributed by atoms with Gasteiger partial charge in [0.2, 0.25) is 0 Å². The minimum atomic E-state index is -0.689. The van der Waals surface area contributed by atoms with E-state index in [2.05, 4.69) is 47.0 Å². The lowest BCUT2D eigenvalue weighted by Crippen LogP contribution is -2.05. The fourth-order valence-electron chi connectivity index (χ4n) is 7.36. The first-order chi connectivity index (χ1) is 24.2. The lowest BCUT2D eigenvalue weighted by Gasteiger charge is -2.15. The molecule has 0 atom stereocenters. The molecule has 232 valence electrons. The van der Waals surface area contributed by atoms with Crippen LogP contribution in [0.4, 0.5) is 8.78 Å². The number of imidazole rings is 1. The van der Waals surface area contributed by atoms with E-state index in [0.717, 1.165) is 43.8 Å². The maximum Gasteiger partial charge on any atom is 0.150 e. The van der Waals surface area contributed by atoms with E-state index in [9.17, 15) is 0 Å². The molecule has 0 saturated heterocycles. The average molecular weight is 638 g/mol. The minimum Gasteiger partial charge on any atom is -0.455 e. The number of para-hydroxylation sites is 5. The Labute approximate surface area is 278 Å². The van der Waals surface area contributed by atoms with Gasteiger partial charge in [-0.1, -0.05) is 97.1 Å². The number of fused-ring (bicyclic) bond motifs is 7. The van der Waals surface area contributed by atoms with E-state index in [0.29, 0.717) is 39.2 Å². The molecule has 3 heterocycles. The number of benzene rings is 7. The standard InChI is InChI=1S/C43H25F2N3O/c44-32-24-27(26-12-2-1-3-13-26)25-33(45)41(32)48-37-20-10-7-17-34(37)46-43(48)31-22-23-38(40-30-16-6-11-21-39(30)49-42(31)40)47-35-18-8-4-14-28(35)29-15-5-9-19-36(29)47/h1-25H. The molecule has 7 aromatic carbocycles. The van der Waals surface area contributed by atoms with Crippen LogP contribution in [0.1, 0.15) is 0 Å². The molecule has 0 unspecified atom stereocenters. The number of rotatable bonds is 4. The third-order valence-corrected chi connectivity index (χ3v) is 9.47. The Morgan fingerprint density at radius 1 is 0.510 bits per heavy atom. The predicted molar refractivity (Wildman–Crippen MR) is 193 cm³/mol. The maximum atomic E-state index is 16.3. The molecule has 0 bridgehead atoms. The van der Waals surface area contributed by atoms with Crippen LogP contribution in [0.5, 0.6) is 0 Å². The number of nitrogens with zero attached hydrogens (tertiary/aromatic N) is 3. The van der Waals surface area contributed by atoms with Crippen molar-refractivity contribution in [2.75, 3.05) is 0 Å². The summed E-state index contributed by atoms with van der Waals surface area (Å²) < 4.78 is 43.1. The number of hydrogen-bond donors (Lipinski definition) is 0. The van der Waals surface area contributed by atoms with Gasteiger partial charge in [-0.2, -0.15) is 0 Å². The van der Waals surface area contributed by atoms with Crippen molar-refractivity contribution in [3.63, 3.8) is 0 Å². The summed E-state index contributed by atoms with van der Waals surface area (Å²) in [4.78, 5) is 5.00. The lowest BCUT2D eigenvalue weighted by molar-refractivity contribution is 0.572. The molecule has 0 saturated carbocycles. The monoisotopic (exact) mass is 637 g/mol. The van der Waals surface area contributed by atoms with Crippen molar-refractivity contribution in [3.05, 3.63) is 163 Å². The second kappa shape index (κ2) is 10.5. The first-order valence-electron chi connectivity index (χ1n) is 16.1. The van der Waals surface area contributed by atoms with E-state index in [-0.39, 0.29) is 5.69 Å². The summed E-state index contributed by atoms with van der Waals surface area (Å²) in [5.41, 5.74) is 7.17. The molecule has 0 amide bonds. The van der Waals surface area contributed by atoms with Crippen LogP contribution in [-0.2, 0) is 0 Å². The zero-order valence-corrected chi connectivity index (χ0v) is 25.9. The van der Waals surface area contributed by atoms with Gasteiger partial charge >= 0.3 is 0 Å². The predicted octanol–water partition coefficient (Wildman–Crippen LogP) is 11.6. The maximum absolute atomic E-state index is 16.3. The molecule has 3 aromatic heterocycles. The normalized spacial score (nSPS) is 11.9. The highest BCUT2D eigenvalue weighted by Crippen LogP contribution is 2.43. The van der Waals surface area contributed by atoms with E-state index < -0.39 is 11.6 Å². The molecule has 10 rings (SSSR count). The summed E-state index contributed by atoms with van der Waals surface area (Å²) in [7, 11) is 0. The van der Waals surface area contributed by atoms with Gasteiger partial charge in [0.15, 0.2) is 11.6 Å². The smallest absolute Gasteiger partial charge is 0.150 e. The molecule has 49 heavy (non-hydrogen) atoms. The summed E-state index contributed by atoms with van der Waals surface area (Å²) in [6.45, 7) is 0. The summed E-state index contributed by atoms with van der Waals surface area (Å²) >= 11 is 0. The van der Waals surface area contributed by atoms with Crippen LogP contribution >= 0.6 is 0 Å². The van der Waals surface area contributed by atoms with Gasteiger partial charge in [0.25, 0.3) is 0 Å². The molecular weight excluding hydrogens is 612 g/mol. The molecule has 0 radical (unpaired) electrons. The highest BCUT2D eigenvalue weighted by molar-refractivity contribution is 6.16. The summed E-state index contributed by atoms with van der Waals surface area (Å²) in [6.07, 6.45) is 0. The van der Waals surface area contributed by atoms with Crippen LogP contribution in [0, 0.1) is 11.6 Å². The fraction of sp³-hybridized carbons (Fsp3) is 0. The zero-order valence-electron chi connectivity index (χ0n) is 25.9. The van der Waals surface area contributed by atoms with Crippen molar-refractivity contribution in [2.24, 2.45) is 0 Å². The Morgan fingerprint density at radius 3 is 1.82 bits per heavy atom. The number of furan rings is 1. The Morgan fingerprint density at radius 2 is 1.10 bits per heavy atom. The Bertz CT molecular complexity index is 2840. The van der Waals surface area contributed by atoms with E-state index in [1.807, 2.05) is 97.1 Å². The highest BCUT2D eigenvalue weighted by Gasteiger charge is 2.26. The van der Waals surface area contributed by atoms with Gasteiger partial charge in [-0.3, -0.25) is 4.57 Å². The van der Waals surface area contributed by atoms with E-state index in [4.69, 9.17) is 9.40 Å². The fourth-order valence-corrected chi connectivity index (χ4v) is 7.36. The summed E-state index contributed by atoms with van der Waals surface area (Å²) in [5.74, 6) is -0.999. The van der Waals surface area contributed by atoms with Crippen molar-refractivity contribution in [2.45, 2.75) is 0 Å². The Balaban J connectivity index is 1.29. The zero-order chi connectivity index (χ0) is 32.6. The van der Waals surface area contributed by atoms with Crippen LogP contribution in [0.3, 0.4) is 0 Å². The third kappa shape index (κ3) is 4.04. The Kier molecular flexibility index (Phi) is 5.90. The number of hydrogen-bond acceptors (Lipinski definition) is 2. The van der Waals surface area contributed by atoms with Crippen LogP contribution in [0.2, 0.25) is 0 Å². The van der Waals surface area contributed by atoms with Gasteiger partial charge < -0.3 is 8.98 Å². The van der Waals surface area contributed by atoms with E-state index >= 15 is 8.78 Å². The molecule has 0 spiro atoms. The first-order valence-corrected chi connectivity index (χ1v) is 16.1. The van der Waals surface area contributed by atoms with Crippen molar-refractivity contribution >= 4 is 54.8 Å². The first kappa shape index (κ1) is 27.6. The van der Waals surface area contributed by atoms with Crippen molar-refractivity contribution in [1.82, 2.24) is 14.1 Å².